The Labute approximate surface area is 111 Å². The van der Waals surface area contributed by atoms with Gasteiger partial charge < -0.3 is 9.63 Å². The molecule has 0 saturated heterocycles. The molecule has 2 aromatic rings. The lowest BCUT2D eigenvalue weighted by molar-refractivity contribution is 0.157. The van der Waals surface area contributed by atoms with Gasteiger partial charge in [0.15, 0.2) is 5.82 Å². The maximum Gasteiger partial charge on any atom is 0.223 e. The number of benzene rings is 1. The molecule has 0 bridgehead atoms. The highest BCUT2D eigenvalue weighted by atomic mass is 16.5. The molecule has 1 aromatic heterocycles. The SMILES string of the molecule is Cc1nc(CNC2(CO)CCc3ccccc32)no1. The molecule has 1 aliphatic rings. The lowest BCUT2D eigenvalue weighted by atomic mass is 9.92. The number of rotatable bonds is 4. The zero-order valence-corrected chi connectivity index (χ0v) is 10.9. The number of aryl methyl sites for hydroxylation is 2. The fourth-order valence-corrected chi connectivity index (χ4v) is 2.75. The molecule has 5 heteroatoms. The van der Waals surface area contributed by atoms with Crippen molar-refractivity contribution < 1.29 is 9.63 Å². The van der Waals surface area contributed by atoms with Gasteiger partial charge in [0.2, 0.25) is 5.89 Å². The zero-order valence-electron chi connectivity index (χ0n) is 10.9. The Bertz CT molecular complexity index is 582. The normalized spacial score (nSPS) is 21.6. The number of aliphatic hydroxyl groups excluding tert-OH is 1. The van der Waals surface area contributed by atoms with Crippen molar-refractivity contribution in [2.45, 2.75) is 31.8 Å². The first-order valence-electron chi connectivity index (χ1n) is 6.47. The summed E-state index contributed by atoms with van der Waals surface area (Å²) in [5.74, 6) is 1.18. The minimum atomic E-state index is -0.384. The number of hydrogen-bond acceptors (Lipinski definition) is 5. The summed E-state index contributed by atoms with van der Waals surface area (Å²) in [6.45, 7) is 2.33. The van der Waals surface area contributed by atoms with Gasteiger partial charge in [0, 0.05) is 6.92 Å². The Morgan fingerprint density at radius 3 is 3.00 bits per heavy atom. The second kappa shape index (κ2) is 4.75. The third-order valence-corrected chi connectivity index (χ3v) is 3.78. The van der Waals surface area contributed by atoms with Crippen molar-refractivity contribution in [2.24, 2.45) is 0 Å². The number of aromatic nitrogens is 2. The van der Waals surface area contributed by atoms with Crippen molar-refractivity contribution in [3.05, 3.63) is 47.1 Å². The Kier molecular flexibility index (Phi) is 3.08. The van der Waals surface area contributed by atoms with E-state index in [4.69, 9.17) is 4.52 Å². The van der Waals surface area contributed by atoms with E-state index < -0.39 is 0 Å². The zero-order chi connectivity index (χ0) is 13.3. The molecule has 2 N–H and O–H groups in total. The van der Waals surface area contributed by atoms with E-state index in [0.717, 1.165) is 12.8 Å². The van der Waals surface area contributed by atoms with E-state index in [1.165, 1.54) is 11.1 Å². The van der Waals surface area contributed by atoms with Crippen LogP contribution in [0.1, 0.15) is 29.3 Å². The Morgan fingerprint density at radius 2 is 2.26 bits per heavy atom. The van der Waals surface area contributed by atoms with Gasteiger partial charge in [-0.15, -0.1) is 0 Å². The van der Waals surface area contributed by atoms with E-state index in [-0.39, 0.29) is 12.1 Å². The van der Waals surface area contributed by atoms with Crippen LogP contribution in [0, 0.1) is 6.92 Å². The van der Waals surface area contributed by atoms with Crippen LogP contribution in [0.2, 0.25) is 0 Å². The van der Waals surface area contributed by atoms with Crippen molar-refractivity contribution >= 4 is 0 Å². The first-order valence-corrected chi connectivity index (χ1v) is 6.47. The topological polar surface area (TPSA) is 71.2 Å². The van der Waals surface area contributed by atoms with E-state index in [2.05, 4.69) is 27.6 Å². The van der Waals surface area contributed by atoms with Gasteiger partial charge in [-0.3, -0.25) is 5.32 Å². The van der Waals surface area contributed by atoms with Crippen LogP contribution < -0.4 is 5.32 Å². The smallest absolute Gasteiger partial charge is 0.223 e. The monoisotopic (exact) mass is 259 g/mol. The van der Waals surface area contributed by atoms with Gasteiger partial charge in [0.05, 0.1) is 18.7 Å². The molecule has 1 aromatic carbocycles. The molecule has 1 atom stereocenters. The van der Waals surface area contributed by atoms with Crippen LogP contribution in [0.15, 0.2) is 28.8 Å². The van der Waals surface area contributed by atoms with Crippen LogP contribution in [0.4, 0.5) is 0 Å². The van der Waals surface area contributed by atoms with Crippen LogP contribution in [0.25, 0.3) is 0 Å². The van der Waals surface area contributed by atoms with Crippen LogP contribution in [0.3, 0.4) is 0 Å². The summed E-state index contributed by atoms with van der Waals surface area (Å²) in [5, 5.41) is 17.1. The summed E-state index contributed by atoms with van der Waals surface area (Å²) in [5.41, 5.74) is 2.09. The summed E-state index contributed by atoms with van der Waals surface area (Å²) in [4.78, 5) is 4.17. The molecule has 1 unspecified atom stereocenters. The molecule has 0 aliphatic heterocycles. The van der Waals surface area contributed by atoms with Crippen molar-refractivity contribution in [2.75, 3.05) is 6.61 Å². The summed E-state index contributed by atoms with van der Waals surface area (Å²) < 4.78 is 4.95. The summed E-state index contributed by atoms with van der Waals surface area (Å²) in [6, 6.07) is 8.24. The fraction of sp³-hybridized carbons (Fsp3) is 0.429. The van der Waals surface area contributed by atoms with E-state index in [0.29, 0.717) is 18.3 Å². The average Bonchev–Trinajstić information content (AvgIpc) is 3.01. The standard InChI is InChI=1S/C14H17N3O2/c1-10-16-13(17-19-10)8-15-14(9-18)7-6-11-4-2-3-5-12(11)14/h2-5,15,18H,6-9H2,1H3. The Morgan fingerprint density at radius 1 is 1.42 bits per heavy atom. The van der Waals surface area contributed by atoms with Gasteiger partial charge in [-0.25, -0.2) is 0 Å². The summed E-state index contributed by atoms with van der Waals surface area (Å²) in [7, 11) is 0. The fourth-order valence-electron chi connectivity index (χ4n) is 2.75. The minimum absolute atomic E-state index is 0.0703. The molecule has 0 saturated carbocycles. The maximum atomic E-state index is 9.82. The number of nitrogens with one attached hydrogen (secondary N) is 1. The molecule has 0 spiro atoms. The lowest BCUT2D eigenvalue weighted by Crippen LogP contribution is -2.43. The molecular weight excluding hydrogens is 242 g/mol. The van der Waals surface area contributed by atoms with Gasteiger partial charge in [0.25, 0.3) is 0 Å². The highest BCUT2D eigenvalue weighted by molar-refractivity contribution is 5.38. The van der Waals surface area contributed by atoms with Crippen molar-refractivity contribution in [1.29, 1.82) is 0 Å². The number of aliphatic hydroxyl groups is 1. The Hall–Kier alpha value is -1.72. The van der Waals surface area contributed by atoms with Crippen LogP contribution in [-0.2, 0) is 18.5 Å². The van der Waals surface area contributed by atoms with E-state index in [1.54, 1.807) is 6.92 Å². The number of hydrogen-bond donors (Lipinski definition) is 2. The second-order valence-corrected chi connectivity index (χ2v) is 4.98. The van der Waals surface area contributed by atoms with Gasteiger partial charge in [-0.05, 0) is 24.0 Å². The summed E-state index contributed by atoms with van der Waals surface area (Å²) >= 11 is 0. The van der Waals surface area contributed by atoms with Crippen molar-refractivity contribution in [3.63, 3.8) is 0 Å². The molecule has 100 valence electrons. The largest absolute Gasteiger partial charge is 0.394 e. The number of nitrogens with zero attached hydrogens (tertiary/aromatic N) is 2. The molecule has 0 radical (unpaired) electrons. The molecule has 19 heavy (non-hydrogen) atoms. The highest BCUT2D eigenvalue weighted by Crippen LogP contribution is 2.36. The van der Waals surface area contributed by atoms with Crippen LogP contribution >= 0.6 is 0 Å². The van der Waals surface area contributed by atoms with Gasteiger partial charge in [-0.2, -0.15) is 4.98 Å². The van der Waals surface area contributed by atoms with Crippen molar-refractivity contribution in [1.82, 2.24) is 15.5 Å². The highest BCUT2D eigenvalue weighted by Gasteiger charge is 2.37. The molecule has 5 nitrogen and oxygen atoms in total. The third-order valence-electron chi connectivity index (χ3n) is 3.78. The number of fused-ring (bicyclic) bond motifs is 1. The minimum Gasteiger partial charge on any atom is -0.394 e. The van der Waals surface area contributed by atoms with Gasteiger partial charge in [0.1, 0.15) is 0 Å². The first-order chi connectivity index (χ1) is 9.23. The maximum absolute atomic E-state index is 9.82. The lowest BCUT2D eigenvalue weighted by Gasteiger charge is -2.29. The molecule has 1 heterocycles. The van der Waals surface area contributed by atoms with Crippen LogP contribution in [0.5, 0.6) is 0 Å². The Balaban J connectivity index is 1.81. The first kappa shape index (κ1) is 12.3. The quantitative estimate of drug-likeness (QED) is 0.866. The molecule has 0 amide bonds. The van der Waals surface area contributed by atoms with E-state index in [1.807, 2.05) is 12.1 Å². The molecule has 1 aliphatic carbocycles. The van der Waals surface area contributed by atoms with Crippen LogP contribution in [-0.4, -0.2) is 21.9 Å². The third kappa shape index (κ3) is 2.15. The predicted molar refractivity (Wildman–Crippen MR) is 69.4 cm³/mol. The van der Waals surface area contributed by atoms with Gasteiger partial charge in [-0.1, -0.05) is 29.4 Å². The van der Waals surface area contributed by atoms with E-state index in [9.17, 15) is 5.11 Å². The second-order valence-electron chi connectivity index (χ2n) is 4.98. The van der Waals surface area contributed by atoms with Crippen molar-refractivity contribution in [3.8, 4) is 0 Å². The predicted octanol–water partition coefficient (Wildman–Crippen LogP) is 1.30. The molecular formula is C14H17N3O2. The van der Waals surface area contributed by atoms with E-state index >= 15 is 0 Å². The summed E-state index contributed by atoms with van der Waals surface area (Å²) in [6.07, 6.45) is 1.87. The average molecular weight is 259 g/mol. The molecule has 0 fully saturated rings. The molecule has 3 rings (SSSR count). The van der Waals surface area contributed by atoms with Gasteiger partial charge >= 0.3 is 0 Å².